The Kier molecular flexibility index (Phi) is 10.0. The van der Waals surface area contributed by atoms with Crippen LogP contribution in [0.25, 0.3) is 6.08 Å². The standard InChI is InChI=1S/C38H38F6N4O5/c1-4-8-27-19-29(36(37(39,40)41,38(42,43)44)53-23-25-9-6-5-7-10-25)13-14-30(27)47-17-16-46(21-24(47)2)32(49)22-48-33(50)35(3,45-34(48)51)28-12-11-26-15-18-52-31(26)20-28/h4-14,19-20,24H,15-18,21-23H2,1-3H3,(H,45,51)/b8-4-/t24-,35?/m0/s1. The molecular weight excluding hydrogens is 706 g/mol. The van der Waals surface area contributed by atoms with Crippen molar-refractivity contribution in [3.63, 3.8) is 0 Å². The zero-order chi connectivity index (χ0) is 38.3. The molecule has 2 saturated heterocycles. The number of halogens is 6. The first-order chi connectivity index (χ1) is 25.0. The zero-order valence-electron chi connectivity index (χ0n) is 29.2. The predicted molar refractivity (Wildman–Crippen MR) is 183 cm³/mol. The van der Waals surface area contributed by atoms with Crippen LogP contribution in [0.15, 0.2) is 72.8 Å². The monoisotopic (exact) mass is 744 g/mol. The Morgan fingerprint density at radius 1 is 1.00 bits per heavy atom. The number of fused-ring (bicyclic) bond motifs is 1. The molecule has 3 aliphatic heterocycles. The van der Waals surface area contributed by atoms with Gasteiger partial charge in [-0.3, -0.25) is 14.5 Å². The third-order valence-corrected chi connectivity index (χ3v) is 10.0. The van der Waals surface area contributed by atoms with E-state index in [0.717, 1.165) is 29.0 Å². The molecule has 3 aromatic rings. The minimum Gasteiger partial charge on any atom is -0.493 e. The van der Waals surface area contributed by atoms with Gasteiger partial charge in [-0.15, -0.1) is 0 Å². The van der Waals surface area contributed by atoms with Crippen LogP contribution in [0.2, 0.25) is 0 Å². The lowest BCUT2D eigenvalue weighted by atomic mass is 9.89. The quantitative estimate of drug-likeness (QED) is 0.194. The number of allylic oxidation sites excluding steroid dienone is 1. The Hall–Kier alpha value is -5.05. The molecule has 1 unspecified atom stereocenters. The maximum atomic E-state index is 14.6. The van der Waals surface area contributed by atoms with Gasteiger partial charge in [-0.2, -0.15) is 26.3 Å². The molecule has 3 aliphatic rings. The van der Waals surface area contributed by atoms with Gasteiger partial charge in [0.05, 0.1) is 13.2 Å². The number of anilines is 1. The Bertz CT molecular complexity index is 1900. The highest BCUT2D eigenvalue weighted by molar-refractivity contribution is 6.09. The molecule has 4 amide bonds. The second-order valence-electron chi connectivity index (χ2n) is 13.5. The lowest BCUT2D eigenvalue weighted by Crippen LogP contribution is -2.56. The summed E-state index contributed by atoms with van der Waals surface area (Å²) in [6.45, 7) is 4.34. The van der Waals surface area contributed by atoms with E-state index in [9.17, 15) is 40.7 Å². The van der Waals surface area contributed by atoms with Crippen molar-refractivity contribution in [3.05, 3.63) is 101 Å². The molecule has 15 heteroatoms. The molecule has 1 N–H and O–H groups in total. The number of nitrogens with one attached hydrogen (secondary N) is 1. The van der Waals surface area contributed by atoms with Crippen LogP contribution in [0.1, 0.15) is 48.6 Å². The number of carbonyl (C=O) groups is 3. The number of rotatable bonds is 9. The molecule has 0 bridgehead atoms. The van der Waals surface area contributed by atoms with Crippen molar-refractivity contribution >= 4 is 29.6 Å². The minimum atomic E-state index is -5.87. The zero-order valence-corrected chi connectivity index (χ0v) is 29.2. The Balaban J connectivity index is 1.19. The molecule has 2 fully saturated rings. The average Bonchev–Trinajstić information content (AvgIpc) is 3.66. The topological polar surface area (TPSA) is 91.4 Å². The van der Waals surface area contributed by atoms with Crippen LogP contribution in [-0.2, 0) is 38.5 Å². The van der Waals surface area contributed by atoms with Crippen molar-refractivity contribution in [2.24, 2.45) is 0 Å². The second-order valence-corrected chi connectivity index (χ2v) is 13.5. The van der Waals surface area contributed by atoms with Gasteiger partial charge in [-0.25, -0.2) is 4.79 Å². The number of urea groups is 1. The summed E-state index contributed by atoms with van der Waals surface area (Å²) < 4.78 is 98.2. The molecule has 282 valence electrons. The van der Waals surface area contributed by atoms with Crippen molar-refractivity contribution in [2.75, 3.05) is 37.7 Å². The fourth-order valence-electron chi connectivity index (χ4n) is 7.14. The average molecular weight is 745 g/mol. The molecule has 3 heterocycles. The predicted octanol–water partition coefficient (Wildman–Crippen LogP) is 6.70. The molecule has 3 aromatic carbocycles. The van der Waals surface area contributed by atoms with Gasteiger partial charge >= 0.3 is 18.4 Å². The molecule has 9 nitrogen and oxygen atoms in total. The maximum Gasteiger partial charge on any atom is 0.430 e. The van der Waals surface area contributed by atoms with Gasteiger partial charge in [0.2, 0.25) is 5.91 Å². The first-order valence-electron chi connectivity index (χ1n) is 17.0. The molecular formula is C38H38F6N4O5. The fourth-order valence-corrected chi connectivity index (χ4v) is 7.14. The molecule has 0 radical (unpaired) electrons. The van der Waals surface area contributed by atoms with Gasteiger partial charge in [0.25, 0.3) is 11.5 Å². The number of alkyl halides is 6. The van der Waals surface area contributed by atoms with Crippen LogP contribution in [-0.4, -0.2) is 78.8 Å². The molecule has 0 aliphatic carbocycles. The first kappa shape index (κ1) is 37.7. The summed E-state index contributed by atoms with van der Waals surface area (Å²) in [6.07, 6.45) is -8.08. The highest BCUT2D eigenvalue weighted by Gasteiger charge is 2.73. The number of hydrogen-bond donors (Lipinski definition) is 1. The third kappa shape index (κ3) is 6.82. The highest BCUT2D eigenvalue weighted by Crippen LogP contribution is 2.54. The van der Waals surface area contributed by atoms with Crippen molar-refractivity contribution in [2.45, 2.75) is 63.3 Å². The van der Waals surface area contributed by atoms with Gasteiger partial charge in [0.1, 0.15) is 17.8 Å². The van der Waals surface area contributed by atoms with E-state index in [0.29, 0.717) is 23.6 Å². The lowest BCUT2D eigenvalue weighted by Gasteiger charge is -2.42. The second kappa shape index (κ2) is 14.1. The van der Waals surface area contributed by atoms with Gasteiger partial charge in [0, 0.05) is 43.3 Å². The van der Waals surface area contributed by atoms with E-state index >= 15 is 0 Å². The number of piperazine rings is 1. The third-order valence-electron chi connectivity index (χ3n) is 10.0. The Morgan fingerprint density at radius 2 is 1.72 bits per heavy atom. The van der Waals surface area contributed by atoms with Crippen molar-refractivity contribution in [1.82, 2.24) is 15.1 Å². The molecule has 53 heavy (non-hydrogen) atoms. The highest BCUT2D eigenvalue weighted by atomic mass is 19.4. The fraction of sp³-hybridized carbons (Fsp3) is 0.395. The Morgan fingerprint density at radius 3 is 2.38 bits per heavy atom. The van der Waals surface area contributed by atoms with E-state index in [1.807, 2.05) is 6.07 Å². The summed E-state index contributed by atoms with van der Waals surface area (Å²) in [5, 5.41) is 2.70. The summed E-state index contributed by atoms with van der Waals surface area (Å²) in [6, 6.07) is 14.2. The van der Waals surface area contributed by atoms with E-state index in [1.54, 1.807) is 43.9 Å². The molecule has 0 saturated carbocycles. The van der Waals surface area contributed by atoms with E-state index in [1.165, 1.54) is 47.4 Å². The number of hydrogen-bond acceptors (Lipinski definition) is 6. The van der Waals surface area contributed by atoms with Crippen molar-refractivity contribution in [3.8, 4) is 5.75 Å². The van der Waals surface area contributed by atoms with E-state index < -0.39 is 66.1 Å². The SMILES string of the molecule is C/C=C\c1cc(C(OCc2ccccc2)(C(F)(F)F)C(F)(F)F)ccc1N1CCN(C(=O)CN2C(=O)NC(C)(c3ccc4c(c3)OCC4)C2=O)C[C@@H]1C. The number of nitrogens with zero attached hydrogens (tertiary/aromatic N) is 3. The van der Waals surface area contributed by atoms with Crippen molar-refractivity contribution in [1.29, 1.82) is 0 Å². The summed E-state index contributed by atoms with van der Waals surface area (Å²) in [5.74, 6) is -0.463. The number of benzene rings is 3. The van der Waals surface area contributed by atoms with Crippen molar-refractivity contribution < 1.29 is 50.2 Å². The van der Waals surface area contributed by atoms with Gasteiger partial charge in [-0.1, -0.05) is 60.7 Å². The van der Waals surface area contributed by atoms with Gasteiger partial charge in [-0.05, 0) is 61.2 Å². The maximum absolute atomic E-state index is 14.6. The lowest BCUT2D eigenvalue weighted by molar-refractivity contribution is -0.392. The summed E-state index contributed by atoms with van der Waals surface area (Å²) in [4.78, 5) is 44.2. The van der Waals surface area contributed by atoms with Crippen LogP contribution in [0.5, 0.6) is 5.75 Å². The summed E-state index contributed by atoms with van der Waals surface area (Å²) in [5.41, 5.74) is -5.07. The number of ether oxygens (including phenoxy) is 2. The van der Waals surface area contributed by atoms with Gasteiger partial charge in [0.15, 0.2) is 0 Å². The van der Waals surface area contributed by atoms with E-state index in [-0.39, 0.29) is 30.8 Å². The Labute approximate surface area is 302 Å². The van der Waals surface area contributed by atoms with Crippen LogP contribution in [0, 0.1) is 0 Å². The number of amides is 4. The molecule has 0 aromatic heterocycles. The van der Waals surface area contributed by atoms with Crippen LogP contribution in [0.4, 0.5) is 36.8 Å². The van der Waals surface area contributed by atoms with Crippen LogP contribution in [0.3, 0.4) is 0 Å². The van der Waals surface area contributed by atoms with Gasteiger partial charge < -0.3 is 24.6 Å². The summed E-state index contributed by atoms with van der Waals surface area (Å²) in [7, 11) is 0. The van der Waals surface area contributed by atoms with E-state index in [2.05, 4.69) is 5.32 Å². The first-order valence-corrected chi connectivity index (χ1v) is 17.0. The molecule has 0 spiro atoms. The van der Waals surface area contributed by atoms with Crippen LogP contribution >= 0.6 is 0 Å². The van der Waals surface area contributed by atoms with Crippen LogP contribution < -0.4 is 15.0 Å². The smallest absolute Gasteiger partial charge is 0.430 e. The number of carbonyl (C=O) groups excluding carboxylic acids is 3. The minimum absolute atomic E-state index is 0.0911. The van der Waals surface area contributed by atoms with E-state index in [4.69, 9.17) is 9.47 Å². The summed E-state index contributed by atoms with van der Waals surface area (Å²) >= 11 is 0. The number of imide groups is 1. The molecule has 2 atom stereocenters. The molecule has 6 rings (SSSR count). The normalized spacial score (nSPS) is 20.9. The largest absolute Gasteiger partial charge is 0.493 e.